The molecule has 2 rings (SSSR count). The van der Waals surface area contributed by atoms with Crippen molar-refractivity contribution in [2.75, 3.05) is 26.2 Å². The second-order valence-electron chi connectivity index (χ2n) is 4.76. The topological polar surface area (TPSA) is 88.3 Å². The van der Waals surface area contributed by atoms with Gasteiger partial charge in [0, 0.05) is 37.9 Å². The highest BCUT2D eigenvalue weighted by Crippen LogP contribution is 2.10. The number of nitrogens with one attached hydrogen (secondary N) is 1. The third kappa shape index (κ3) is 4.01. The summed E-state index contributed by atoms with van der Waals surface area (Å²) >= 11 is 1.46. The Morgan fingerprint density at radius 2 is 2.40 bits per heavy atom. The molecule has 1 aliphatic heterocycles. The maximum Gasteiger partial charge on any atom is 0.270 e. The van der Waals surface area contributed by atoms with Crippen molar-refractivity contribution >= 4 is 23.2 Å². The molecule has 0 bridgehead atoms. The summed E-state index contributed by atoms with van der Waals surface area (Å²) in [5, 5.41) is 5.47. The Morgan fingerprint density at radius 3 is 3.10 bits per heavy atom. The predicted octanol–water partition coefficient (Wildman–Crippen LogP) is 0.387. The fraction of sp³-hybridized carbons (Fsp3) is 0.615. The van der Waals surface area contributed by atoms with E-state index >= 15 is 0 Å². The summed E-state index contributed by atoms with van der Waals surface area (Å²) in [7, 11) is 0. The highest BCUT2D eigenvalue weighted by Gasteiger charge is 2.19. The fourth-order valence-electron chi connectivity index (χ4n) is 2.16. The number of hydrogen-bond acceptors (Lipinski definition) is 5. The molecule has 1 fully saturated rings. The van der Waals surface area contributed by atoms with Crippen LogP contribution < -0.4 is 11.1 Å². The first-order valence-electron chi connectivity index (χ1n) is 6.91. The van der Waals surface area contributed by atoms with E-state index in [2.05, 4.69) is 10.3 Å². The third-order valence-electron chi connectivity index (χ3n) is 3.20. The van der Waals surface area contributed by atoms with Crippen molar-refractivity contribution in [3.8, 4) is 0 Å². The van der Waals surface area contributed by atoms with Gasteiger partial charge in [-0.25, -0.2) is 4.98 Å². The maximum absolute atomic E-state index is 11.8. The zero-order valence-electron chi connectivity index (χ0n) is 11.4. The number of nitrogens with zero attached hydrogens (tertiary/aromatic N) is 2. The molecule has 0 spiro atoms. The molecule has 7 heteroatoms. The minimum Gasteiger partial charge on any atom is -0.351 e. The molecule has 0 unspecified atom stereocenters. The van der Waals surface area contributed by atoms with E-state index in [0.29, 0.717) is 38.2 Å². The van der Waals surface area contributed by atoms with Crippen LogP contribution >= 0.6 is 11.3 Å². The number of carbonyl (C=O) groups excluding carboxylic acids is 2. The van der Waals surface area contributed by atoms with Crippen LogP contribution in [0.4, 0.5) is 0 Å². The van der Waals surface area contributed by atoms with Gasteiger partial charge in [-0.05, 0) is 19.4 Å². The lowest BCUT2D eigenvalue weighted by atomic mass is 10.3. The molecule has 1 aromatic heterocycles. The van der Waals surface area contributed by atoms with Gasteiger partial charge in [0.1, 0.15) is 5.69 Å². The molecule has 0 aliphatic carbocycles. The summed E-state index contributed by atoms with van der Waals surface area (Å²) in [5.74, 6) is 0.0690. The highest BCUT2D eigenvalue weighted by atomic mass is 32.1. The van der Waals surface area contributed by atoms with Crippen LogP contribution in [0.3, 0.4) is 0 Å². The molecule has 1 aliphatic rings. The first-order chi connectivity index (χ1) is 9.70. The van der Waals surface area contributed by atoms with Crippen LogP contribution in [-0.4, -0.2) is 47.9 Å². The van der Waals surface area contributed by atoms with E-state index in [0.717, 1.165) is 24.4 Å². The van der Waals surface area contributed by atoms with Crippen molar-refractivity contribution in [2.45, 2.75) is 25.7 Å². The van der Waals surface area contributed by atoms with Crippen molar-refractivity contribution in [2.24, 2.45) is 5.73 Å². The monoisotopic (exact) mass is 296 g/mol. The van der Waals surface area contributed by atoms with E-state index in [4.69, 9.17) is 5.73 Å². The second-order valence-corrected chi connectivity index (χ2v) is 5.70. The van der Waals surface area contributed by atoms with E-state index < -0.39 is 0 Å². The summed E-state index contributed by atoms with van der Waals surface area (Å²) in [6.45, 7) is 2.67. The van der Waals surface area contributed by atoms with Crippen molar-refractivity contribution in [3.63, 3.8) is 0 Å². The van der Waals surface area contributed by atoms with Crippen LogP contribution in [0.1, 0.15) is 34.8 Å². The van der Waals surface area contributed by atoms with Gasteiger partial charge in [-0.1, -0.05) is 0 Å². The minimum absolute atomic E-state index is 0.155. The zero-order chi connectivity index (χ0) is 14.4. The van der Waals surface area contributed by atoms with Crippen molar-refractivity contribution in [1.82, 2.24) is 15.2 Å². The molecule has 2 heterocycles. The molecule has 1 saturated heterocycles. The average molecular weight is 296 g/mol. The molecule has 0 radical (unpaired) electrons. The molecule has 110 valence electrons. The summed E-state index contributed by atoms with van der Waals surface area (Å²) in [4.78, 5) is 29.3. The number of carbonyl (C=O) groups is 2. The smallest absolute Gasteiger partial charge is 0.270 e. The summed E-state index contributed by atoms with van der Waals surface area (Å²) in [6.07, 6.45) is 3.09. The van der Waals surface area contributed by atoms with Gasteiger partial charge in [0.2, 0.25) is 5.91 Å². The van der Waals surface area contributed by atoms with E-state index in [1.165, 1.54) is 11.3 Å². The number of thiazole rings is 1. The van der Waals surface area contributed by atoms with Gasteiger partial charge in [0.25, 0.3) is 5.91 Å². The van der Waals surface area contributed by atoms with Gasteiger partial charge in [0.05, 0.1) is 5.01 Å². The fourth-order valence-corrected chi connectivity index (χ4v) is 2.95. The lowest BCUT2D eigenvalue weighted by Gasteiger charge is -2.14. The number of likely N-dealkylation sites (tertiary alicyclic amines) is 1. The van der Waals surface area contributed by atoms with E-state index in [1.54, 1.807) is 5.38 Å². The van der Waals surface area contributed by atoms with E-state index in [1.807, 2.05) is 4.90 Å². The summed E-state index contributed by atoms with van der Waals surface area (Å²) < 4.78 is 0. The van der Waals surface area contributed by atoms with Crippen molar-refractivity contribution in [1.29, 1.82) is 0 Å². The van der Waals surface area contributed by atoms with Crippen LogP contribution in [0.5, 0.6) is 0 Å². The Kier molecular flexibility index (Phi) is 5.49. The van der Waals surface area contributed by atoms with Crippen molar-refractivity contribution in [3.05, 3.63) is 16.1 Å². The molecule has 2 amide bonds. The number of aromatic nitrogens is 1. The molecule has 6 nitrogen and oxygen atoms in total. The van der Waals surface area contributed by atoms with E-state index in [9.17, 15) is 9.59 Å². The number of nitrogens with two attached hydrogens (primary N) is 1. The Bertz CT molecular complexity index is 475. The average Bonchev–Trinajstić information content (AvgIpc) is 3.05. The van der Waals surface area contributed by atoms with Gasteiger partial charge >= 0.3 is 0 Å². The second kappa shape index (κ2) is 7.35. The largest absolute Gasteiger partial charge is 0.351 e. The normalized spacial score (nSPS) is 14.8. The van der Waals surface area contributed by atoms with Crippen molar-refractivity contribution < 1.29 is 9.59 Å². The van der Waals surface area contributed by atoms with Gasteiger partial charge in [-0.2, -0.15) is 0 Å². The van der Waals surface area contributed by atoms with E-state index in [-0.39, 0.29) is 11.8 Å². The van der Waals surface area contributed by atoms with Crippen LogP contribution in [0.15, 0.2) is 5.38 Å². The summed E-state index contributed by atoms with van der Waals surface area (Å²) in [5.41, 5.74) is 5.90. The molecule has 0 aromatic carbocycles. The van der Waals surface area contributed by atoms with Gasteiger partial charge in [0.15, 0.2) is 0 Å². The highest BCUT2D eigenvalue weighted by molar-refractivity contribution is 7.09. The summed E-state index contributed by atoms with van der Waals surface area (Å²) in [6, 6.07) is 0. The minimum atomic E-state index is -0.155. The van der Waals surface area contributed by atoms with Crippen LogP contribution in [0.2, 0.25) is 0 Å². The number of hydrogen-bond donors (Lipinski definition) is 2. The molecular formula is C13H20N4O2S. The van der Waals surface area contributed by atoms with Crippen LogP contribution in [-0.2, 0) is 11.2 Å². The Morgan fingerprint density at radius 1 is 1.55 bits per heavy atom. The van der Waals surface area contributed by atoms with Gasteiger partial charge in [-0.3, -0.25) is 9.59 Å². The SMILES string of the molecule is NCCc1nc(C(=O)NCCCN2CCCC2=O)cs1. The van der Waals surface area contributed by atoms with Crippen LogP contribution in [0, 0.1) is 0 Å². The lowest BCUT2D eigenvalue weighted by Crippen LogP contribution is -2.30. The molecule has 1 aromatic rings. The lowest BCUT2D eigenvalue weighted by molar-refractivity contribution is -0.127. The molecule has 0 saturated carbocycles. The molecule has 3 N–H and O–H groups in total. The Labute approximate surface area is 122 Å². The predicted molar refractivity (Wildman–Crippen MR) is 77.6 cm³/mol. The number of amides is 2. The first-order valence-corrected chi connectivity index (χ1v) is 7.79. The quantitative estimate of drug-likeness (QED) is 0.712. The molecular weight excluding hydrogens is 276 g/mol. The van der Waals surface area contributed by atoms with Gasteiger partial charge in [-0.15, -0.1) is 11.3 Å². The maximum atomic E-state index is 11.8. The molecule has 0 atom stereocenters. The standard InChI is InChI=1S/C13H20N4O2S/c14-5-4-11-16-10(9-20-11)13(19)15-6-2-8-17-7-1-3-12(17)18/h9H,1-8,14H2,(H,15,19). The molecule has 20 heavy (non-hydrogen) atoms. The zero-order valence-corrected chi connectivity index (χ0v) is 12.2. The Balaban J connectivity index is 1.67. The van der Waals surface area contributed by atoms with Crippen LogP contribution in [0.25, 0.3) is 0 Å². The van der Waals surface area contributed by atoms with Gasteiger partial charge < -0.3 is 16.0 Å². The number of rotatable bonds is 7. The third-order valence-corrected chi connectivity index (χ3v) is 4.11. The Hall–Kier alpha value is -1.47. The first kappa shape index (κ1) is 14.9.